The van der Waals surface area contributed by atoms with E-state index in [9.17, 15) is 103 Å². The van der Waals surface area contributed by atoms with E-state index in [0.717, 1.165) is 20.8 Å². The van der Waals surface area contributed by atoms with E-state index in [2.05, 4.69) is 55.0 Å². The normalized spacial score (nSPS) is 15.0. The third kappa shape index (κ3) is 20.0. The number of imidazole rings is 3. The molecule has 27 nitrogen and oxygen atoms in total. The lowest BCUT2D eigenvalue weighted by molar-refractivity contribution is -0.175. The van der Waals surface area contributed by atoms with E-state index in [-0.39, 0.29) is 21.3 Å². The fourth-order valence-corrected chi connectivity index (χ4v) is 10.7. The van der Waals surface area contributed by atoms with Crippen LogP contribution in [0.4, 0.5) is 52.7 Å². The maximum atomic E-state index is 13.5. The number of hydrogen-bond acceptors (Lipinski definition) is 24. The van der Waals surface area contributed by atoms with Gasteiger partial charge in [-0.15, -0.1) is 0 Å². The van der Waals surface area contributed by atoms with Crippen molar-refractivity contribution in [3.05, 3.63) is 56.2 Å². The Morgan fingerprint density at radius 3 is 0.657 bits per heavy atom. The summed E-state index contributed by atoms with van der Waals surface area (Å²) in [7, 11) is -38.2. The van der Waals surface area contributed by atoms with Gasteiger partial charge < -0.3 is 30.0 Å². The molecular weight excluding hydrogens is 1140 g/mol. The Hall–Kier alpha value is -3.81. The highest BCUT2D eigenvalue weighted by molar-refractivity contribution is 8.06. The molecule has 3 atom stereocenters. The first-order chi connectivity index (χ1) is 31.3. The topological polar surface area (TPSA) is 407 Å². The number of rotatable bonds is 15. The van der Waals surface area contributed by atoms with Crippen molar-refractivity contribution in [1.82, 2.24) is 29.9 Å². The Morgan fingerprint density at radius 2 is 0.586 bits per heavy atom. The van der Waals surface area contributed by atoms with Gasteiger partial charge in [-0.3, -0.25) is 25.1 Å². The lowest BCUT2D eigenvalue weighted by Crippen LogP contribution is -2.55. The van der Waals surface area contributed by atoms with E-state index in [4.69, 9.17) is 15.1 Å². The Bertz CT molecular complexity index is 2210. The van der Waals surface area contributed by atoms with E-state index in [1.54, 1.807) is 56.2 Å². The van der Waals surface area contributed by atoms with Crippen molar-refractivity contribution >= 4 is 68.0 Å². The molecule has 0 aliphatic rings. The molecule has 0 aliphatic carbocycles. The molecule has 0 radical (unpaired) electrons. The first-order valence-corrected chi connectivity index (χ1v) is 25.0. The molecule has 0 saturated carbocycles. The predicted molar refractivity (Wildman–Crippen MR) is 207 cm³/mol. The fraction of sp³-hybridized carbons (Fsp3) is 0.625. The third-order valence-corrected chi connectivity index (χ3v) is 17.5. The van der Waals surface area contributed by atoms with Crippen LogP contribution in [-0.2, 0) is 85.8 Å². The van der Waals surface area contributed by atoms with Crippen LogP contribution in [0, 0.1) is 0 Å². The van der Waals surface area contributed by atoms with Gasteiger partial charge in [0.1, 0.15) is 0 Å². The lowest BCUT2D eigenvalue weighted by atomic mass is 10.3. The van der Waals surface area contributed by atoms with Crippen LogP contribution in [0.2, 0.25) is 0 Å². The summed E-state index contributed by atoms with van der Waals surface area (Å²) in [6.45, 7) is 0.200. The van der Waals surface area contributed by atoms with Crippen molar-refractivity contribution in [2.75, 3.05) is 41.2 Å². The molecule has 3 heterocycles. The van der Waals surface area contributed by atoms with Crippen LogP contribution < -0.4 is 0 Å². The highest BCUT2D eigenvalue weighted by Gasteiger charge is 2.78. The Labute approximate surface area is 389 Å². The van der Waals surface area contributed by atoms with Crippen molar-refractivity contribution < 1.29 is 143 Å². The van der Waals surface area contributed by atoms with Crippen LogP contribution in [0.1, 0.15) is 20.8 Å². The predicted octanol–water partition coefficient (Wildman–Crippen LogP) is 0.721. The zero-order valence-corrected chi connectivity index (χ0v) is 40.3. The second-order valence-corrected chi connectivity index (χ2v) is 21.5. The quantitative estimate of drug-likeness (QED) is 0.0693. The SMILES string of the molecule is CCOS(=O)(=O)C(F)(C(F)(F)F)S(=O)(=O)OC.CCOS(=O)(=O)C(F)(C(F)(F)F)S(=O)(=O)OC.CCOS(=O)(=O)C(F)(C(F)(F)F)S(=O)(=O)OC.OB(O)O.c1c[nH]cn1.c1c[nH]cn1.c1c[nH]cn1. The van der Waals surface area contributed by atoms with Crippen molar-refractivity contribution in [3.63, 3.8) is 0 Å². The molecule has 0 aliphatic heterocycles. The van der Waals surface area contributed by atoms with Crippen molar-refractivity contribution in [2.45, 2.75) is 52.3 Å². The molecule has 3 aromatic rings. The summed E-state index contributed by atoms with van der Waals surface area (Å²) in [6, 6.07) is 0. The average molecular weight is 1180 g/mol. The van der Waals surface area contributed by atoms with E-state index < -0.39 is 119 Å². The van der Waals surface area contributed by atoms with Crippen LogP contribution in [0.3, 0.4) is 0 Å². The van der Waals surface area contributed by atoms with Gasteiger partial charge in [-0.05, 0) is 20.8 Å². The number of nitrogens with one attached hydrogen (secondary N) is 3. The minimum absolute atomic E-state index is 0.191. The summed E-state index contributed by atoms with van der Waals surface area (Å²) in [4.78, 5) is 19.2. The Balaban J connectivity index is -0.000000390. The number of aromatic nitrogens is 6. The first-order valence-electron chi connectivity index (χ1n) is 16.5. The molecule has 0 spiro atoms. The van der Waals surface area contributed by atoms with Crippen LogP contribution in [0.5, 0.6) is 0 Å². The number of alkyl halides is 12. The van der Waals surface area contributed by atoms with Crippen molar-refractivity contribution in [2.24, 2.45) is 0 Å². The average Bonchev–Trinajstić information content (AvgIpc) is 4.07. The number of hydrogen-bond donors (Lipinski definition) is 6. The summed E-state index contributed by atoms with van der Waals surface area (Å²) in [5, 5.41) is 21.5. The van der Waals surface area contributed by atoms with E-state index in [1.807, 2.05) is 0 Å². The number of nitrogens with zero attached hydrogens (tertiary/aromatic N) is 3. The molecule has 3 aromatic heterocycles. The number of aromatic amines is 3. The van der Waals surface area contributed by atoms with Gasteiger partial charge in [0.2, 0.25) is 0 Å². The fourth-order valence-electron chi connectivity index (χ4n) is 2.89. The minimum Gasteiger partial charge on any atom is -0.402 e. The van der Waals surface area contributed by atoms with Crippen LogP contribution in [0.15, 0.2) is 56.2 Å². The van der Waals surface area contributed by atoms with Gasteiger partial charge in [0.25, 0.3) is 0 Å². The number of H-pyrrole nitrogens is 3. The van der Waals surface area contributed by atoms with Gasteiger partial charge >= 0.3 is 99.6 Å². The summed E-state index contributed by atoms with van der Waals surface area (Å²) in [5.74, 6) is 0. The van der Waals surface area contributed by atoms with Crippen molar-refractivity contribution in [3.8, 4) is 0 Å². The first kappa shape index (κ1) is 72.7. The van der Waals surface area contributed by atoms with Crippen molar-refractivity contribution in [1.29, 1.82) is 0 Å². The van der Waals surface area contributed by atoms with Crippen LogP contribution in [0.25, 0.3) is 0 Å². The second kappa shape index (κ2) is 29.6. The summed E-state index contributed by atoms with van der Waals surface area (Å²) in [5.41, 5.74) is 0. The van der Waals surface area contributed by atoms with Crippen LogP contribution in [-0.4, -0.2) is 175 Å². The van der Waals surface area contributed by atoms with Gasteiger partial charge in [0, 0.05) is 37.2 Å². The monoisotopic (exact) mass is 1180 g/mol. The Kier molecular flexibility index (Phi) is 30.8. The molecule has 414 valence electrons. The standard InChI is InChI=1S/3C5H8F4O6S2.3C3H4N2.BH3O3/c3*1-3-15-17(12,13)5(9,4(6,7)8)16(10,11)14-2;3*1-2-5-3-4-1;2-1(3)4/h3*3H2,1-2H3;3*1-3H,(H,4,5);2-4H. The molecule has 0 saturated heterocycles. The van der Waals surface area contributed by atoms with E-state index >= 15 is 0 Å². The van der Waals surface area contributed by atoms with Crippen LogP contribution >= 0.6 is 0 Å². The van der Waals surface area contributed by atoms with Gasteiger partial charge in [-0.25, -0.2) is 15.0 Å². The molecule has 70 heavy (non-hydrogen) atoms. The van der Waals surface area contributed by atoms with E-state index in [0.29, 0.717) is 0 Å². The molecule has 6 N–H and O–H groups in total. The highest BCUT2D eigenvalue weighted by Crippen LogP contribution is 2.46. The van der Waals surface area contributed by atoms with Gasteiger partial charge in [0.05, 0.1) is 60.1 Å². The number of halogens is 12. The molecule has 0 aromatic carbocycles. The molecule has 0 amide bonds. The summed E-state index contributed by atoms with van der Waals surface area (Å²) in [6.07, 6.45) is -3.55. The molecule has 0 bridgehead atoms. The zero-order chi connectivity index (χ0) is 56.5. The largest absolute Gasteiger partial charge is 0.631 e. The molecule has 46 heteroatoms. The van der Waals surface area contributed by atoms with Gasteiger partial charge in [-0.1, -0.05) is 0 Å². The molecule has 3 unspecified atom stereocenters. The highest BCUT2D eigenvalue weighted by atomic mass is 32.3. The van der Waals surface area contributed by atoms with Gasteiger partial charge in [-0.2, -0.15) is 103 Å². The molecular formula is C24H39BF12N6O21S6. The van der Waals surface area contributed by atoms with Gasteiger partial charge in [0.15, 0.2) is 0 Å². The molecule has 3 rings (SSSR count). The lowest BCUT2D eigenvalue weighted by Gasteiger charge is -2.24. The third-order valence-electron chi connectivity index (χ3n) is 5.64. The molecule has 0 fully saturated rings. The maximum absolute atomic E-state index is 13.5. The summed E-state index contributed by atoms with van der Waals surface area (Å²) >= 11 is 0. The van der Waals surface area contributed by atoms with E-state index in [1.165, 1.54) is 0 Å². The second-order valence-electron chi connectivity index (χ2n) is 10.2. The summed E-state index contributed by atoms with van der Waals surface area (Å²) < 4.78 is 285. The zero-order valence-electron chi connectivity index (χ0n) is 35.4. The maximum Gasteiger partial charge on any atom is 0.631 e. The smallest absolute Gasteiger partial charge is 0.402 e. The minimum atomic E-state index is -6.27. The Morgan fingerprint density at radius 1 is 0.414 bits per heavy atom.